The molecule has 0 heterocycles. The molecule has 2 rings (SSSR count). The van der Waals surface area contributed by atoms with E-state index in [4.69, 9.17) is 0 Å². The van der Waals surface area contributed by atoms with Crippen LogP contribution in [0.1, 0.15) is 25.0 Å². The van der Waals surface area contributed by atoms with Gasteiger partial charge in [-0.2, -0.15) is 0 Å². The molecule has 0 aliphatic rings. The van der Waals surface area contributed by atoms with Crippen molar-refractivity contribution in [2.45, 2.75) is 26.4 Å². The Bertz CT molecular complexity index is 587. The van der Waals surface area contributed by atoms with Gasteiger partial charge in [-0.3, -0.25) is 4.79 Å². The van der Waals surface area contributed by atoms with Gasteiger partial charge in [0.05, 0.1) is 0 Å². The lowest BCUT2D eigenvalue weighted by atomic mass is 10.1. The third-order valence-corrected chi connectivity index (χ3v) is 3.32. The normalized spacial score (nSPS) is 11.0. The van der Waals surface area contributed by atoms with E-state index in [0.29, 0.717) is 6.54 Å². The zero-order valence-corrected chi connectivity index (χ0v) is 12.6. The topological polar surface area (TPSA) is 20.3 Å². The lowest BCUT2D eigenvalue weighted by Gasteiger charge is -2.25. The van der Waals surface area contributed by atoms with Gasteiger partial charge in [-0.1, -0.05) is 60.7 Å². The van der Waals surface area contributed by atoms with Crippen molar-refractivity contribution in [3.05, 3.63) is 77.9 Å². The number of rotatable bonds is 5. The van der Waals surface area contributed by atoms with Crippen molar-refractivity contribution in [2.75, 3.05) is 0 Å². The summed E-state index contributed by atoms with van der Waals surface area (Å²) in [6.07, 6.45) is 3.51. The molecule has 0 aliphatic carbocycles. The molecular weight excluding hydrogens is 258 g/mol. The van der Waals surface area contributed by atoms with Gasteiger partial charge in [0, 0.05) is 18.7 Å². The standard InChI is InChI=1S/C19H21NO/c1-16(2)20(15-18-11-7-4-8-12-18)19(21)14-13-17-9-5-3-6-10-17/h3-14,16H,15H2,1-2H3. The average Bonchev–Trinajstić information content (AvgIpc) is 2.52. The molecule has 0 atom stereocenters. The van der Waals surface area contributed by atoms with Crippen LogP contribution in [-0.2, 0) is 11.3 Å². The Morgan fingerprint density at radius 3 is 2.14 bits per heavy atom. The highest BCUT2D eigenvalue weighted by Gasteiger charge is 2.14. The molecule has 2 heteroatoms. The molecule has 0 bridgehead atoms. The van der Waals surface area contributed by atoms with E-state index in [0.717, 1.165) is 11.1 Å². The first-order chi connectivity index (χ1) is 10.2. The predicted molar refractivity (Wildman–Crippen MR) is 87.6 cm³/mol. The maximum Gasteiger partial charge on any atom is 0.247 e. The number of nitrogens with zero attached hydrogens (tertiary/aromatic N) is 1. The van der Waals surface area contributed by atoms with Crippen LogP contribution in [-0.4, -0.2) is 16.8 Å². The third kappa shape index (κ3) is 4.60. The Morgan fingerprint density at radius 2 is 1.57 bits per heavy atom. The summed E-state index contributed by atoms with van der Waals surface area (Å²) < 4.78 is 0. The van der Waals surface area contributed by atoms with Crippen molar-refractivity contribution in [1.82, 2.24) is 4.90 Å². The van der Waals surface area contributed by atoms with Crippen molar-refractivity contribution in [3.8, 4) is 0 Å². The molecule has 0 radical (unpaired) electrons. The Kier molecular flexibility index (Phi) is 5.33. The second-order valence-electron chi connectivity index (χ2n) is 5.29. The molecule has 0 N–H and O–H groups in total. The second-order valence-corrected chi connectivity index (χ2v) is 5.29. The molecule has 0 saturated heterocycles. The molecule has 0 unspecified atom stereocenters. The quantitative estimate of drug-likeness (QED) is 0.753. The van der Waals surface area contributed by atoms with Crippen molar-refractivity contribution in [3.63, 3.8) is 0 Å². The zero-order chi connectivity index (χ0) is 15.1. The van der Waals surface area contributed by atoms with Crippen LogP contribution in [0.2, 0.25) is 0 Å². The molecule has 0 aromatic heterocycles. The Balaban J connectivity index is 2.08. The largest absolute Gasteiger partial charge is 0.332 e. The van der Waals surface area contributed by atoms with E-state index in [9.17, 15) is 4.79 Å². The van der Waals surface area contributed by atoms with Crippen LogP contribution in [0, 0.1) is 0 Å². The summed E-state index contributed by atoms with van der Waals surface area (Å²) in [5.74, 6) is 0.0395. The molecule has 2 aromatic rings. The fourth-order valence-corrected chi connectivity index (χ4v) is 2.12. The van der Waals surface area contributed by atoms with E-state index in [-0.39, 0.29) is 11.9 Å². The third-order valence-electron chi connectivity index (χ3n) is 3.32. The molecule has 0 fully saturated rings. The number of carbonyl (C=O) groups is 1. The fraction of sp³-hybridized carbons (Fsp3) is 0.211. The minimum absolute atomic E-state index is 0.0395. The lowest BCUT2D eigenvalue weighted by molar-refractivity contribution is -0.128. The first-order valence-corrected chi connectivity index (χ1v) is 7.24. The summed E-state index contributed by atoms with van der Waals surface area (Å²) in [6, 6.07) is 20.1. The van der Waals surface area contributed by atoms with Crippen molar-refractivity contribution in [1.29, 1.82) is 0 Å². The molecule has 1 amide bonds. The number of hydrogen-bond donors (Lipinski definition) is 0. The van der Waals surface area contributed by atoms with Gasteiger partial charge in [-0.25, -0.2) is 0 Å². The fourth-order valence-electron chi connectivity index (χ4n) is 2.12. The zero-order valence-electron chi connectivity index (χ0n) is 12.6. The Hall–Kier alpha value is -2.35. The number of carbonyl (C=O) groups excluding carboxylic acids is 1. The summed E-state index contributed by atoms with van der Waals surface area (Å²) in [6.45, 7) is 4.71. The lowest BCUT2D eigenvalue weighted by Crippen LogP contribution is -2.35. The summed E-state index contributed by atoms with van der Waals surface area (Å²) >= 11 is 0. The molecule has 0 aliphatic heterocycles. The van der Waals surface area contributed by atoms with Crippen molar-refractivity contribution in [2.24, 2.45) is 0 Å². The molecule has 2 nitrogen and oxygen atoms in total. The van der Waals surface area contributed by atoms with Gasteiger partial charge < -0.3 is 4.90 Å². The summed E-state index contributed by atoms with van der Waals surface area (Å²) in [5.41, 5.74) is 2.18. The van der Waals surface area contributed by atoms with Gasteiger partial charge in [-0.15, -0.1) is 0 Å². The van der Waals surface area contributed by atoms with Crippen LogP contribution in [0.4, 0.5) is 0 Å². The SMILES string of the molecule is CC(C)N(Cc1ccccc1)C(=O)C=Cc1ccccc1. The molecule has 108 valence electrons. The van der Waals surface area contributed by atoms with Gasteiger partial charge in [0.2, 0.25) is 5.91 Å². The van der Waals surface area contributed by atoms with Gasteiger partial charge in [0.25, 0.3) is 0 Å². The van der Waals surface area contributed by atoms with E-state index in [2.05, 4.69) is 0 Å². The minimum atomic E-state index is 0.0395. The maximum atomic E-state index is 12.4. The van der Waals surface area contributed by atoms with E-state index >= 15 is 0 Å². The van der Waals surface area contributed by atoms with Gasteiger partial charge in [-0.05, 0) is 31.1 Å². The van der Waals surface area contributed by atoms with Gasteiger partial charge in [0.15, 0.2) is 0 Å². The summed E-state index contributed by atoms with van der Waals surface area (Å²) in [4.78, 5) is 14.3. The van der Waals surface area contributed by atoms with Crippen LogP contribution < -0.4 is 0 Å². The first-order valence-electron chi connectivity index (χ1n) is 7.24. The van der Waals surface area contributed by atoms with E-state index in [1.165, 1.54) is 0 Å². The Labute approximate surface area is 126 Å². The number of benzene rings is 2. The summed E-state index contributed by atoms with van der Waals surface area (Å²) in [7, 11) is 0. The second kappa shape index (κ2) is 7.44. The van der Waals surface area contributed by atoms with E-state index in [1.807, 2.05) is 85.5 Å². The van der Waals surface area contributed by atoms with Crippen molar-refractivity contribution >= 4 is 12.0 Å². The smallest absolute Gasteiger partial charge is 0.247 e. The van der Waals surface area contributed by atoms with E-state index in [1.54, 1.807) is 6.08 Å². The predicted octanol–water partition coefficient (Wildman–Crippen LogP) is 4.14. The van der Waals surface area contributed by atoms with Crippen LogP contribution in [0.15, 0.2) is 66.7 Å². The van der Waals surface area contributed by atoms with Crippen LogP contribution in [0.5, 0.6) is 0 Å². The minimum Gasteiger partial charge on any atom is -0.332 e. The Morgan fingerprint density at radius 1 is 1.00 bits per heavy atom. The van der Waals surface area contributed by atoms with Crippen molar-refractivity contribution < 1.29 is 4.79 Å². The highest BCUT2D eigenvalue weighted by atomic mass is 16.2. The molecule has 0 saturated carbocycles. The highest BCUT2D eigenvalue weighted by molar-refractivity contribution is 5.91. The summed E-state index contributed by atoms with van der Waals surface area (Å²) in [5, 5.41) is 0. The van der Waals surface area contributed by atoms with E-state index < -0.39 is 0 Å². The molecule has 2 aromatic carbocycles. The number of amides is 1. The maximum absolute atomic E-state index is 12.4. The van der Waals surface area contributed by atoms with Crippen LogP contribution in [0.3, 0.4) is 0 Å². The average molecular weight is 279 g/mol. The van der Waals surface area contributed by atoms with Gasteiger partial charge >= 0.3 is 0 Å². The monoisotopic (exact) mass is 279 g/mol. The van der Waals surface area contributed by atoms with Crippen LogP contribution in [0.25, 0.3) is 6.08 Å². The van der Waals surface area contributed by atoms with Gasteiger partial charge in [0.1, 0.15) is 0 Å². The molecule has 0 spiro atoms. The number of hydrogen-bond acceptors (Lipinski definition) is 1. The molecular formula is C19H21NO. The highest BCUT2D eigenvalue weighted by Crippen LogP contribution is 2.10. The van der Waals surface area contributed by atoms with Crippen LogP contribution >= 0.6 is 0 Å². The first kappa shape index (κ1) is 15.0. The molecule has 21 heavy (non-hydrogen) atoms.